The molecule has 2 heteroatoms. The van der Waals surface area contributed by atoms with Crippen LogP contribution in [0.1, 0.15) is 80.1 Å². The van der Waals surface area contributed by atoms with Crippen molar-refractivity contribution in [3.8, 4) is 0 Å². The Hall–Kier alpha value is 0.177. The Bertz CT molecular complexity index is 231. The smallest absolute Gasteiger partial charge is 0.193 e. The maximum atomic E-state index is 6.63. The van der Waals surface area contributed by atoms with E-state index in [0.717, 1.165) is 0 Å². The van der Waals surface area contributed by atoms with Gasteiger partial charge in [0.1, 0.15) is 0 Å². The van der Waals surface area contributed by atoms with Gasteiger partial charge in [0.2, 0.25) is 0 Å². The van der Waals surface area contributed by atoms with Crippen LogP contribution >= 0.6 is 0 Å². The van der Waals surface area contributed by atoms with E-state index in [-0.39, 0.29) is 5.60 Å². The Morgan fingerprint density at radius 1 is 0.833 bits per heavy atom. The quantitative estimate of drug-likeness (QED) is 0.458. The standard InChI is InChI=1S/C16H36OSi/c1-9-11-13-15(3,4)17-18(7,8)16(5,6)14-12-10-2/h9-14H2,1-8H3. The number of rotatable bonds is 9. The fourth-order valence-corrected chi connectivity index (χ4v) is 4.94. The Morgan fingerprint density at radius 3 is 1.72 bits per heavy atom. The maximum Gasteiger partial charge on any atom is 0.193 e. The maximum absolute atomic E-state index is 6.63. The average Bonchev–Trinajstić information content (AvgIpc) is 2.22. The third-order valence-electron chi connectivity index (χ3n) is 4.45. The van der Waals surface area contributed by atoms with Crippen molar-refractivity contribution in [1.29, 1.82) is 0 Å². The third-order valence-corrected chi connectivity index (χ3v) is 9.02. The van der Waals surface area contributed by atoms with Crippen molar-refractivity contribution in [2.45, 2.75) is 104 Å². The van der Waals surface area contributed by atoms with Gasteiger partial charge in [-0.05, 0) is 44.8 Å². The van der Waals surface area contributed by atoms with Crippen LogP contribution in [-0.4, -0.2) is 13.9 Å². The minimum atomic E-state index is -1.65. The van der Waals surface area contributed by atoms with Gasteiger partial charge in [-0.1, -0.05) is 53.4 Å². The molecule has 0 N–H and O–H groups in total. The predicted molar refractivity (Wildman–Crippen MR) is 85.7 cm³/mol. The molecule has 0 heterocycles. The van der Waals surface area contributed by atoms with Gasteiger partial charge in [-0.15, -0.1) is 0 Å². The zero-order valence-corrected chi connectivity index (χ0v) is 15.2. The molecule has 1 nitrogen and oxygen atoms in total. The molecule has 0 saturated heterocycles. The highest BCUT2D eigenvalue weighted by Crippen LogP contribution is 2.44. The van der Waals surface area contributed by atoms with Gasteiger partial charge in [0.15, 0.2) is 8.32 Å². The molecule has 0 aromatic rings. The highest BCUT2D eigenvalue weighted by Gasteiger charge is 2.43. The van der Waals surface area contributed by atoms with Crippen LogP contribution < -0.4 is 0 Å². The van der Waals surface area contributed by atoms with Crippen molar-refractivity contribution in [1.82, 2.24) is 0 Å². The van der Waals surface area contributed by atoms with E-state index in [1.165, 1.54) is 38.5 Å². The lowest BCUT2D eigenvalue weighted by atomic mass is 10.0. The Morgan fingerprint density at radius 2 is 1.28 bits per heavy atom. The Balaban J connectivity index is 4.60. The van der Waals surface area contributed by atoms with Gasteiger partial charge in [0.25, 0.3) is 0 Å². The summed E-state index contributed by atoms with van der Waals surface area (Å²) in [5.74, 6) is 0. The van der Waals surface area contributed by atoms with Gasteiger partial charge in [0, 0.05) is 0 Å². The van der Waals surface area contributed by atoms with E-state index >= 15 is 0 Å². The second-order valence-corrected chi connectivity index (χ2v) is 12.0. The molecular weight excluding hydrogens is 236 g/mol. The molecule has 0 aliphatic carbocycles. The van der Waals surface area contributed by atoms with Crippen molar-refractivity contribution in [3.05, 3.63) is 0 Å². The van der Waals surface area contributed by atoms with E-state index in [1.807, 2.05) is 0 Å². The van der Waals surface area contributed by atoms with Gasteiger partial charge < -0.3 is 4.43 Å². The van der Waals surface area contributed by atoms with Crippen LogP contribution in [0, 0.1) is 0 Å². The number of hydrogen-bond donors (Lipinski definition) is 0. The normalized spacial score (nSPS) is 14.0. The molecule has 0 aromatic carbocycles. The molecule has 0 rings (SSSR count). The van der Waals surface area contributed by atoms with Crippen molar-refractivity contribution in [3.63, 3.8) is 0 Å². The van der Waals surface area contributed by atoms with Gasteiger partial charge >= 0.3 is 0 Å². The summed E-state index contributed by atoms with van der Waals surface area (Å²) in [6.45, 7) is 18.7. The molecule has 0 unspecified atom stereocenters. The lowest BCUT2D eigenvalue weighted by molar-refractivity contribution is 0.0782. The molecular formula is C16H36OSi. The fourth-order valence-electron chi connectivity index (χ4n) is 2.40. The van der Waals surface area contributed by atoms with E-state index in [9.17, 15) is 0 Å². The molecule has 0 aromatic heterocycles. The molecule has 0 radical (unpaired) electrons. The van der Waals surface area contributed by atoms with Crippen molar-refractivity contribution in [2.75, 3.05) is 0 Å². The lowest BCUT2D eigenvalue weighted by Gasteiger charge is -2.45. The zero-order valence-electron chi connectivity index (χ0n) is 14.2. The molecule has 18 heavy (non-hydrogen) atoms. The zero-order chi connectivity index (χ0) is 14.4. The SMILES string of the molecule is CCCCC(C)(C)O[Si](C)(C)C(C)(C)CCCC. The summed E-state index contributed by atoms with van der Waals surface area (Å²) in [7, 11) is -1.65. The summed E-state index contributed by atoms with van der Waals surface area (Å²) in [6, 6.07) is 0. The van der Waals surface area contributed by atoms with Gasteiger partial charge in [0.05, 0.1) is 5.60 Å². The highest BCUT2D eigenvalue weighted by atomic mass is 28.4. The first-order valence-electron chi connectivity index (χ1n) is 7.78. The minimum absolute atomic E-state index is 0.0508. The van der Waals surface area contributed by atoms with Gasteiger partial charge in [-0.25, -0.2) is 0 Å². The summed E-state index contributed by atoms with van der Waals surface area (Å²) in [5, 5.41) is 0.368. The second-order valence-electron chi connectivity index (χ2n) is 7.46. The van der Waals surface area contributed by atoms with Crippen LogP contribution in [0.15, 0.2) is 0 Å². The Labute approximate surface area is 117 Å². The molecule has 0 atom stereocenters. The molecule has 0 spiro atoms. The molecule has 0 saturated carbocycles. The van der Waals surface area contributed by atoms with E-state index in [2.05, 4.69) is 54.6 Å². The van der Waals surface area contributed by atoms with E-state index in [1.54, 1.807) is 0 Å². The average molecular weight is 273 g/mol. The van der Waals surface area contributed by atoms with Crippen molar-refractivity contribution < 1.29 is 4.43 Å². The highest BCUT2D eigenvalue weighted by molar-refractivity contribution is 6.74. The van der Waals surface area contributed by atoms with Crippen LogP contribution in [0.4, 0.5) is 0 Å². The first kappa shape index (κ1) is 18.2. The monoisotopic (exact) mass is 272 g/mol. The number of hydrogen-bond acceptors (Lipinski definition) is 1. The van der Waals surface area contributed by atoms with Gasteiger partial charge in [-0.2, -0.15) is 0 Å². The van der Waals surface area contributed by atoms with E-state index in [0.29, 0.717) is 5.04 Å². The van der Waals surface area contributed by atoms with Crippen LogP contribution in [0.3, 0.4) is 0 Å². The van der Waals surface area contributed by atoms with Gasteiger partial charge in [-0.3, -0.25) is 0 Å². The molecule has 0 aliphatic heterocycles. The lowest BCUT2D eigenvalue weighted by Crippen LogP contribution is -2.48. The first-order chi connectivity index (χ1) is 8.08. The van der Waals surface area contributed by atoms with Crippen LogP contribution in [-0.2, 0) is 4.43 Å². The third kappa shape index (κ3) is 5.88. The van der Waals surface area contributed by atoms with E-state index in [4.69, 9.17) is 4.43 Å². The summed E-state index contributed by atoms with van der Waals surface area (Å²) in [4.78, 5) is 0. The summed E-state index contributed by atoms with van der Waals surface area (Å²) < 4.78 is 6.63. The minimum Gasteiger partial charge on any atom is -0.412 e. The summed E-state index contributed by atoms with van der Waals surface area (Å²) >= 11 is 0. The van der Waals surface area contributed by atoms with Crippen LogP contribution in [0.25, 0.3) is 0 Å². The Kier molecular flexibility index (Phi) is 7.16. The number of unbranched alkanes of at least 4 members (excludes halogenated alkanes) is 2. The molecule has 110 valence electrons. The summed E-state index contributed by atoms with van der Waals surface area (Å²) in [5.41, 5.74) is 0.0508. The van der Waals surface area contributed by atoms with E-state index < -0.39 is 8.32 Å². The van der Waals surface area contributed by atoms with Crippen LogP contribution in [0.2, 0.25) is 18.1 Å². The largest absolute Gasteiger partial charge is 0.412 e. The fraction of sp³-hybridized carbons (Fsp3) is 1.00. The molecule has 0 bridgehead atoms. The topological polar surface area (TPSA) is 9.23 Å². The van der Waals surface area contributed by atoms with Crippen molar-refractivity contribution in [2.24, 2.45) is 0 Å². The second kappa shape index (κ2) is 7.09. The summed E-state index contributed by atoms with van der Waals surface area (Å²) in [6.07, 6.45) is 7.62. The molecule has 0 amide bonds. The first-order valence-corrected chi connectivity index (χ1v) is 10.7. The molecule has 0 fully saturated rings. The molecule has 0 aliphatic rings. The predicted octanol–water partition coefficient (Wildman–Crippen LogP) is 6.15. The van der Waals surface area contributed by atoms with Crippen LogP contribution in [0.5, 0.6) is 0 Å². The van der Waals surface area contributed by atoms with Crippen molar-refractivity contribution >= 4 is 8.32 Å².